The first-order valence-electron chi connectivity index (χ1n) is 6.38. The first kappa shape index (κ1) is 19.1. The average Bonchev–Trinajstić information content (AvgIpc) is 2.45. The summed E-state index contributed by atoms with van der Waals surface area (Å²) >= 11 is 0. The van der Waals surface area contributed by atoms with Crippen molar-refractivity contribution >= 4 is 12.4 Å². The van der Waals surface area contributed by atoms with Crippen LogP contribution in [0.25, 0.3) is 11.1 Å². The Bertz CT molecular complexity index is 650. The van der Waals surface area contributed by atoms with Gasteiger partial charge >= 0.3 is 6.36 Å². The van der Waals surface area contributed by atoms with Crippen LogP contribution in [0.3, 0.4) is 0 Å². The SMILES string of the molecule is Cl.NCCOc1cc(-c2ccccc2F)ccc1OC(F)(F)F. The van der Waals surface area contributed by atoms with Crippen LogP contribution in [0.4, 0.5) is 17.6 Å². The number of hydrogen-bond acceptors (Lipinski definition) is 3. The van der Waals surface area contributed by atoms with Crippen LogP contribution in [0.2, 0.25) is 0 Å². The van der Waals surface area contributed by atoms with Crippen LogP contribution in [0.1, 0.15) is 0 Å². The molecular formula is C15H14ClF4NO2. The fourth-order valence-electron chi connectivity index (χ4n) is 1.86. The fraction of sp³-hybridized carbons (Fsp3) is 0.200. The number of halogens is 5. The Hall–Kier alpha value is -1.99. The third-order valence-corrected chi connectivity index (χ3v) is 2.73. The molecular weight excluding hydrogens is 338 g/mol. The predicted molar refractivity (Wildman–Crippen MR) is 80.3 cm³/mol. The van der Waals surface area contributed by atoms with Crippen LogP contribution in [-0.2, 0) is 0 Å². The summed E-state index contributed by atoms with van der Waals surface area (Å²) in [6.07, 6.45) is -4.85. The van der Waals surface area contributed by atoms with E-state index in [0.717, 1.165) is 6.07 Å². The van der Waals surface area contributed by atoms with Crippen molar-refractivity contribution in [1.82, 2.24) is 0 Å². The lowest BCUT2D eigenvalue weighted by atomic mass is 10.0. The maximum absolute atomic E-state index is 13.8. The molecule has 0 saturated carbocycles. The standard InChI is InChI=1S/C15H13F4NO2.ClH/c16-12-4-2-1-3-11(12)10-5-6-13(22-15(17,18)19)14(9-10)21-8-7-20;/h1-6,9H,7-8,20H2;1H. The van der Waals surface area contributed by atoms with E-state index >= 15 is 0 Å². The van der Waals surface area contributed by atoms with Gasteiger partial charge in [0.1, 0.15) is 12.4 Å². The molecule has 2 aromatic rings. The molecule has 0 aliphatic rings. The molecule has 0 unspecified atom stereocenters. The predicted octanol–water partition coefficient (Wildman–Crippen LogP) is 4.15. The van der Waals surface area contributed by atoms with Crippen molar-refractivity contribution in [1.29, 1.82) is 0 Å². The van der Waals surface area contributed by atoms with Gasteiger partial charge < -0.3 is 15.2 Å². The number of nitrogens with two attached hydrogens (primary N) is 1. The third kappa shape index (κ3) is 5.30. The molecule has 0 heterocycles. The molecule has 8 heteroatoms. The van der Waals surface area contributed by atoms with Gasteiger partial charge in [-0.25, -0.2) is 4.39 Å². The zero-order valence-electron chi connectivity index (χ0n) is 11.8. The number of hydrogen-bond donors (Lipinski definition) is 1. The average molecular weight is 352 g/mol. The van der Waals surface area contributed by atoms with E-state index in [9.17, 15) is 17.6 Å². The second-order valence-electron chi connectivity index (χ2n) is 4.33. The summed E-state index contributed by atoms with van der Waals surface area (Å²) in [4.78, 5) is 0. The number of benzene rings is 2. The van der Waals surface area contributed by atoms with E-state index in [4.69, 9.17) is 10.5 Å². The van der Waals surface area contributed by atoms with Crippen LogP contribution >= 0.6 is 12.4 Å². The van der Waals surface area contributed by atoms with E-state index in [2.05, 4.69) is 4.74 Å². The normalized spacial score (nSPS) is 10.8. The smallest absolute Gasteiger partial charge is 0.488 e. The van der Waals surface area contributed by atoms with E-state index in [1.807, 2.05) is 0 Å². The molecule has 2 aromatic carbocycles. The summed E-state index contributed by atoms with van der Waals surface area (Å²) in [5.41, 5.74) is 5.90. The molecule has 3 nitrogen and oxygen atoms in total. The Morgan fingerprint density at radius 2 is 1.70 bits per heavy atom. The molecule has 0 saturated heterocycles. The largest absolute Gasteiger partial charge is 0.573 e. The maximum atomic E-state index is 13.8. The van der Waals surface area contributed by atoms with Crippen LogP contribution in [0.5, 0.6) is 11.5 Å². The second kappa shape index (κ2) is 8.03. The Kier molecular flexibility index (Phi) is 6.65. The lowest BCUT2D eigenvalue weighted by Crippen LogP contribution is -2.18. The molecule has 126 valence electrons. The topological polar surface area (TPSA) is 44.5 Å². The summed E-state index contributed by atoms with van der Waals surface area (Å²) in [6.45, 7) is 0.129. The Labute approximate surface area is 136 Å². The van der Waals surface area contributed by atoms with E-state index in [-0.39, 0.29) is 36.9 Å². The van der Waals surface area contributed by atoms with Crippen molar-refractivity contribution in [3.05, 3.63) is 48.3 Å². The van der Waals surface area contributed by atoms with Crippen LogP contribution in [0.15, 0.2) is 42.5 Å². The van der Waals surface area contributed by atoms with Gasteiger partial charge in [0.2, 0.25) is 0 Å². The van der Waals surface area contributed by atoms with Gasteiger partial charge in [-0.05, 0) is 23.8 Å². The lowest BCUT2D eigenvalue weighted by Gasteiger charge is -2.15. The molecule has 2 rings (SSSR count). The first-order chi connectivity index (χ1) is 10.4. The number of rotatable bonds is 5. The molecule has 0 radical (unpaired) electrons. The van der Waals surface area contributed by atoms with Gasteiger partial charge in [-0.1, -0.05) is 24.3 Å². The molecule has 0 spiro atoms. The van der Waals surface area contributed by atoms with Gasteiger partial charge in [-0.3, -0.25) is 0 Å². The minimum atomic E-state index is -4.85. The van der Waals surface area contributed by atoms with Gasteiger partial charge in [0, 0.05) is 12.1 Å². The van der Waals surface area contributed by atoms with Crippen LogP contribution < -0.4 is 15.2 Å². The zero-order chi connectivity index (χ0) is 16.2. The maximum Gasteiger partial charge on any atom is 0.573 e. The molecule has 0 fully saturated rings. The quantitative estimate of drug-likeness (QED) is 0.823. The molecule has 2 N–H and O–H groups in total. The van der Waals surface area contributed by atoms with Crippen molar-refractivity contribution in [3.63, 3.8) is 0 Å². The van der Waals surface area contributed by atoms with Gasteiger partial charge in [0.05, 0.1) is 0 Å². The molecule has 0 aromatic heterocycles. The van der Waals surface area contributed by atoms with Gasteiger partial charge in [-0.2, -0.15) is 0 Å². The Morgan fingerprint density at radius 3 is 2.30 bits per heavy atom. The van der Waals surface area contributed by atoms with Gasteiger partial charge in [0.25, 0.3) is 0 Å². The molecule has 0 aliphatic carbocycles. The summed E-state index contributed by atoms with van der Waals surface area (Å²) in [5, 5.41) is 0. The highest BCUT2D eigenvalue weighted by atomic mass is 35.5. The summed E-state index contributed by atoms with van der Waals surface area (Å²) in [6, 6.07) is 9.62. The summed E-state index contributed by atoms with van der Waals surface area (Å²) in [7, 11) is 0. The molecule has 0 aliphatic heterocycles. The van der Waals surface area contributed by atoms with Crippen molar-refractivity contribution in [2.24, 2.45) is 5.73 Å². The van der Waals surface area contributed by atoms with Crippen molar-refractivity contribution in [2.75, 3.05) is 13.2 Å². The molecule has 23 heavy (non-hydrogen) atoms. The van der Waals surface area contributed by atoms with E-state index in [1.54, 1.807) is 6.07 Å². The van der Waals surface area contributed by atoms with Crippen molar-refractivity contribution in [2.45, 2.75) is 6.36 Å². The Morgan fingerprint density at radius 1 is 1.00 bits per heavy atom. The lowest BCUT2D eigenvalue weighted by molar-refractivity contribution is -0.275. The zero-order valence-corrected chi connectivity index (χ0v) is 12.6. The monoisotopic (exact) mass is 351 g/mol. The minimum Gasteiger partial charge on any atom is -0.488 e. The van der Waals surface area contributed by atoms with Crippen molar-refractivity contribution < 1.29 is 27.0 Å². The fourth-order valence-corrected chi connectivity index (χ4v) is 1.86. The van der Waals surface area contributed by atoms with Gasteiger partial charge in [0.15, 0.2) is 11.5 Å². The van der Waals surface area contributed by atoms with Crippen LogP contribution in [0, 0.1) is 5.82 Å². The molecule has 0 amide bonds. The minimum absolute atomic E-state index is 0. The van der Waals surface area contributed by atoms with Crippen LogP contribution in [-0.4, -0.2) is 19.5 Å². The van der Waals surface area contributed by atoms with E-state index < -0.39 is 17.9 Å². The highest BCUT2D eigenvalue weighted by molar-refractivity contribution is 5.85. The number of ether oxygens (including phenoxy) is 2. The van der Waals surface area contributed by atoms with Crippen molar-refractivity contribution in [3.8, 4) is 22.6 Å². The number of alkyl halides is 3. The molecule has 0 bridgehead atoms. The molecule has 0 atom stereocenters. The second-order valence-corrected chi connectivity index (χ2v) is 4.33. The van der Waals surface area contributed by atoms with Gasteiger partial charge in [-0.15, -0.1) is 25.6 Å². The van der Waals surface area contributed by atoms with E-state index in [0.29, 0.717) is 5.56 Å². The highest BCUT2D eigenvalue weighted by Crippen LogP contribution is 2.36. The van der Waals surface area contributed by atoms with E-state index in [1.165, 1.54) is 30.3 Å². The first-order valence-corrected chi connectivity index (χ1v) is 6.38. The Balaban J connectivity index is 0.00000264. The summed E-state index contributed by atoms with van der Waals surface area (Å²) < 4.78 is 59.9. The highest BCUT2D eigenvalue weighted by Gasteiger charge is 2.32. The summed E-state index contributed by atoms with van der Waals surface area (Å²) in [5.74, 6) is -1.14. The third-order valence-electron chi connectivity index (χ3n) is 2.73.